The highest BCUT2D eigenvalue weighted by Gasteiger charge is 2.11. The van der Waals surface area contributed by atoms with Crippen LogP contribution in [-0.2, 0) is 0 Å². The van der Waals surface area contributed by atoms with Crippen LogP contribution in [0.5, 0.6) is 0 Å². The molecule has 0 aliphatic carbocycles. The van der Waals surface area contributed by atoms with Gasteiger partial charge in [-0.25, -0.2) is 0 Å². The Balaban J connectivity index is 2.22. The molecule has 4 aromatic rings. The number of aromatic nitrogens is 1. The van der Waals surface area contributed by atoms with Crippen LogP contribution in [-0.4, -0.2) is 4.57 Å². The summed E-state index contributed by atoms with van der Waals surface area (Å²) in [5.41, 5.74) is 6.36. The molecule has 0 fully saturated rings. The lowest BCUT2D eigenvalue weighted by Gasteiger charge is -2.07. The van der Waals surface area contributed by atoms with Crippen molar-refractivity contribution in [3.8, 4) is 5.69 Å². The van der Waals surface area contributed by atoms with Crippen molar-refractivity contribution in [3.63, 3.8) is 0 Å². The van der Waals surface area contributed by atoms with E-state index in [0.717, 1.165) is 0 Å². The predicted molar refractivity (Wildman–Crippen MR) is 90.3 cm³/mol. The third kappa shape index (κ3) is 1.85. The van der Waals surface area contributed by atoms with Crippen molar-refractivity contribution in [2.45, 2.75) is 13.8 Å². The summed E-state index contributed by atoms with van der Waals surface area (Å²) in [5, 5.41) is 2.66. The van der Waals surface area contributed by atoms with Crippen LogP contribution in [0.15, 0.2) is 66.7 Å². The molecule has 21 heavy (non-hydrogen) atoms. The molecule has 1 aromatic heterocycles. The van der Waals surface area contributed by atoms with Gasteiger partial charge in [-0.3, -0.25) is 0 Å². The van der Waals surface area contributed by atoms with Crippen LogP contribution in [0, 0.1) is 13.8 Å². The zero-order chi connectivity index (χ0) is 14.4. The molecule has 0 atom stereocenters. The molecule has 0 N–H and O–H groups in total. The molecule has 0 spiro atoms. The summed E-state index contributed by atoms with van der Waals surface area (Å²) in [6.45, 7) is 4.31. The smallest absolute Gasteiger partial charge is 0.0541 e. The van der Waals surface area contributed by atoms with E-state index in [4.69, 9.17) is 0 Å². The van der Waals surface area contributed by atoms with Gasteiger partial charge < -0.3 is 4.57 Å². The topological polar surface area (TPSA) is 4.93 Å². The number of hydrogen-bond donors (Lipinski definition) is 0. The molecule has 0 aliphatic rings. The van der Waals surface area contributed by atoms with Crippen molar-refractivity contribution in [2.75, 3.05) is 0 Å². The van der Waals surface area contributed by atoms with E-state index in [-0.39, 0.29) is 0 Å². The molecule has 0 unspecified atom stereocenters. The molecule has 1 heteroatoms. The van der Waals surface area contributed by atoms with E-state index in [9.17, 15) is 0 Å². The fourth-order valence-electron chi connectivity index (χ4n) is 3.11. The Labute approximate surface area is 124 Å². The van der Waals surface area contributed by atoms with Gasteiger partial charge in [0.1, 0.15) is 0 Å². The highest BCUT2D eigenvalue weighted by molar-refractivity contribution is 6.09. The van der Waals surface area contributed by atoms with Gasteiger partial charge >= 0.3 is 0 Å². The molecule has 4 rings (SSSR count). The molecule has 0 saturated heterocycles. The lowest BCUT2D eigenvalue weighted by atomic mass is 10.1. The van der Waals surface area contributed by atoms with Gasteiger partial charge in [0, 0.05) is 16.5 Å². The number of fused-ring (bicyclic) bond motifs is 3. The van der Waals surface area contributed by atoms with Crippen molar-refractivity contribution in [1.82, 2.24) is 4.57 Å². The summed E-state index contributed by atoms with van der Waals surface area (Å²) in [6, 6.07) is 24.0. The van der Waals surface area contributed by atoms with Crippen LogP contribution in [0.4, 0.5) is 0 Å². The van der Waals surface area contributed by atoms with Crippen LogP contribution < -0.4 is 0 Å². The van der Waals surface area contributed by atoms with Gasteiger partial charge in [0.25, 0.3) is 0 Å². The largest absolute Gasteiger partial charge is 0.309 e. The van der Waals surface area contributed by atoms with E-state index in [1.807, 2.05) is 0 Å². The summed E-state index contributed by atoms with van der Waals surface area (Å²) in [6.07, 6.45) is 0. The Morgan fingerprint density at radius 2 is 1.14 bits per heavy atom. The molecule has 0 radical (unpaired) electrons. The Morgan fingerprint density at radius 3 is 1.67 bits per heavy atom. The lowest BCUT2D eigenvalue weighted by molar-refractivity contribution is 1.18. The van der Waals surface area contributed by atoms with Crippen LogP contribution in [0.1, 0.15) is 11.1 Å². The number of nitrogens with zero attached hydrogens (tertiary/aromatic N) is 1. The maximum atomic E-state index is 2.35. The first-order valence-corrected chi connectivity index (χ1v) is 7.31. The zero-order valence-electron chi connectivity index (χ0n) is 12.3. The normalized spacial score (nSPS) is 11.3. The van der Waals surface area contributed by atoms with Gasteiger partial charge in [0.05, 0.1) is 11.0 Å². The van der Waals surface area contributed by atoms with Gasteiger partial charge in [0.15, 0.2) is 0 Å². The Hall–Kier alpha value is -2.54. The second-order valence-electron chi connectivity index (χ2n) is 5.71. The SMILES string of the molecule is Cc1ccc2c(c1)c1cc(C)ccc1n2-c1ccccc1. The monoisotopic (exact) mass is 271 g/mol. The molecular formula is C20H17N. The second kappa shape index (κ2) is 4.49. The van der Waals surface area contributed by atoms with E-state index < -0.39 is 0 Å². The van der Waals surface area contributed by atoms with E-state index in [1.54, 1.807) is 0 Å². The van der Waals surface area contributed by atoms with Crippen molar-refractivity contribution >= 4 is 21.8 Å². The lowest BCUT2D eigenvalue weighted by Crippen LogP contribution is -1.92. The molecule has 0 saturated carbocycles. The highest BCUT2D eigenvalue weighted by atomic mass is 15.0. The van der Waals surface area contributed by atoms with Crippen molar-refractivity contribution in [3.05, 3.63) is 77.9 Å². The molecule has 1 heterocycles. The summed E-state index contributed by atoms with van der Waals surface area (Å²) >= 11 is 0. The number of para-hydroxylation sites is 1. The van der Waals surface area contributed by atoms with Crippen LogP contribution in [0.25, 0.3) is 27.5 Å². The summed E-state index contributed by atoms with van der Waals surface area (Å²) in [5.74, 6) is 0. The van der Waals surface area contributed by atoms with Crippen molar-refractivity contribution in [2.24, 2.45) is 0 Å². The van der Waals surface area contributed by atoms with Crippen LogP contribution in [0.2, 0.25) is 0 Å². The predicted octanol–water partition coefficient (Wildman–Crippen LogP) is 5.40. The number of rotatable bonds is 1. The Morgan fingerprint density at radius 1 is 0.619 bits per heavy atom. The second-order valence-corrected chi connectivity index (χ2v) is 5.71. The fourth-order valence-corrected chi connectivity index (χ4v) is 3.11. The zero-order valence-corrected chi connectivity index (χ0v) is 12.3. The first-order valence-electron chi connectivity index (χ1n) is 7.31. The number of aryl methyl sites for hydroxylation is 2. The van der Waals surface area contributed by atoms with Crippen LogP contribution in [0.3, 0.4) is 0 Å². The maximum absolute atomic E-state index is 2.35. The summed E-state index contributed by atoms with van der Waals surface area (Å²) < 4.78 is 2.35. The average Bonchev–Trinajstić information content (AvgIpc) is 2.81. The van der Waals surface area contributed by atoms with Gasteiger partial charge in [-0.1, -0.05) is 41.5 Å². The van der Waals surface area contributed by atoms with Crippen molar-refractivity contribution in [1.29, 1.82) is 0 Å². The van der Waals surface area contributed by atoms with Crippen LogP contribution >= 0.6 is 0 Å². The summed E-state index contributed by atoms with van der Waals surface area (Å²) in [4.78, 5) is 0. The summed E-state index contributed by atoms with van der Waals surface area (Å²) in [7, 11) is 0. The fraction of sp³-hybridized carbons (Fsp3) is 0.100. The average molecular weight is 271 g/mol. The number of hydrogen-bond acceptors (Lipinski definition) is 0. The molecule has 0 amide bonds. The molecule has 0 aliphatic heterocycles. The van der Waals surface area contributed by atoms with E-state index in [1.165, 1.54) is 38.6 Å². The van der Waals surface area contributed by atoms with E-state index in [0.29, 0.717) is 0 Å². The minimum atomic E-state index is 1.21. The van der Waals surface area contributed by atoms with Gasteiger partial charge in [-0.15, -0.1) is 0 Å². The molecule has 0 bridgehead atoms. The first kappa shape index (κ1) is 12.2. The van der Waals surface area contributed by atoms with Crippen molar-refractivity contribution < 1.29 is 0 Å². The van der Waals surface area contributed by atoms with Gasteiger partial charge in [0.2, 0.25) is 0 Å². The van der Waals surface area contributed by atoms with Gasteiger partial charge in [-0.05, 0) is 50.2 Å². The van der Waals surface area contributed by atoms with E-state index >= 15 is 0 Å². The molecule has 1 nitrogen and oxygen atoms in total. The molecule has 102 valence electrons. The standard InChI is InChI=1S/C20H17N/c1-14-8-10-19-17(12-14)18-13-15(2)9-11-20(18)21(19)16-6-4-3-5-7-16/h3-13H,1-2H3. The minimum Gasteiger partial charge on any atom is -0.309 e. The number of benzene rings is 3. The first-order chi connectivity index (χ1) is 10.2. The molecular weight excluding hydrogens is 254 g/mol. The minimum absolute atomic E-state index is 1.21. The third-order valence-corrected chi connectivity index (χ3v) is 4.09. The Kier molecular flexibility index (Phi) is 2.61. The quantitative estimate of drug-likeness (QED) is 0.437. The third-order valence-electron chi connectivity index (χ3n) is 4.09. The molecule has 3 aromatic carbocycles. The Bertz CT molecular complexity index is 887. The highest BCUT2D eigenvalue weighted by Crippen LogP contribution is 2.32. The van der Waals surface area contributed by atoms with E-state index in [2.05, 4.69) is 85.1 Å². The van der Waals surface area contributed by atoms with Gasteiger partial charge in [-0.2, -0.15) is 0 Å². The maximum Gasteiger partial charge on any atom is 0.0541 e.